The molecule has 5 rings (SSSR count). The zero-order valence-corrected chi connectivity index (χ0v) is 28.3. The highest BCUT2D eigenvalue weighted by Gasteiger charge is 2.36. The molecule has 11 heteroatoms. The van der Waals surface area contributed by atoms with Gasteiger partial charge < -0.3 is 24.8 Å². The summed E-state index contributed by atoms with van der Waals surface area (Å²) in [4.78, 5) is 18.9. The Morgan fingerprint density at radius 1 is 1.00 bits per heavy atom. The number of ether oxygens (including phenoxy) is 3. The summed E-state index contributed by atoms with van der Waals surface area (Å²) in [5.41, 5.74) is 3.75. The Bertz CT molecular complexity index is 1660. The number of hydrogen-bond acceptors (Lipinski definition) is 8. The van der Waals surface area contributed by atoms with E-state index in [0.717, 1.165) is 28.6 Å². The molecule has 2 heterocycles. The number of rotatable bonds is 14. The smallest absolute Gasteiger partial charge is 0.255 e. The number of anilines is 2. The van der Waals surface area contributed by atoms with Gasteiger partial charge in [0.25, 0.3) is 5.91 Å². The molecule has 3 aromatic carbocycles. The van der Waals surface area contributed by atoms with Gasteiger partial charge in [0.1, 0.15) is 11.8 Å². The van der Waals surface area contributed by atoms with Crippen molar-refractivity contribution in [3.8, 4) is 17.2 Å². The maximum atomic E-state index is 14.1. The summed E-state index contributed by atoms with van der Waals surface area (Å²) >= 11 is 5.33. The highest BCUT2D eigenvalue weighted by molar-refractivity contribution is 9.10. The average molecular weight is 693 g/mol. The topological polar surface area (TPSA) is 99.5 Å². The van der Waals surface area contributed by atoms with E-state index in [-0.39, 0.29) is 5.91 Å². The van der Waals surface area contributed by atoms with Gasteiger partial charge in [0.05, 0.1) is 35.6 Å². The first-order valence-electron chi connectivity index (χ1n) is 15.2. The van der Waals surface area contributed by atoms with Gasteiger partial charge >= 0.3 is 0 Å². The number of carbonyl (C=O) groups excluding carboxylic acids is 1. The van der Waals surface area contributed by atoms with Crippen molar-refractivity contribution in [3.05, 3.63) is 93.6 Å². The van der Waals surface area contributed by atoms with Crippen molar-refractivity contribution in [2.24, 2.45) is 0 Å². The zero-order chi connectivity index (χ0) is 31.8. The lowest BCUT2D eigenvalue weighted by molar-refractivity contribution is -0.113. The third kappa shape index (κ3) is 7.65. The number of thioether (sulfide) groups is 1. The van der Waals surface area contributed by atoms with E-state index in [9.17, 15) is 4.79 Å². The van der Waals surface area contributed by atoms with Gasteiger partial charge in [-0.3, -0.25) is 4.79 Å². The molecule has 0 saturated carbocycles. The molecule has 236 valence electrons. The molecule has 0 radical (unpaired) electrons. The fourth-order valence-electron chi connectivity index (χ4n) is 5.09. The molecule has 0 fully saturated rings. The van der Waals surface area contributed by atoms with Crippen LogP contribution in [0, 0.1) is 0 Å². The van der Waals surface area contributed by atoms with Gasteiger partial charge in [-0.05, 0) is 78.5 Å². The number of amides is 1. The van der Waals surface area contributed by atoms with Gasteiger partial charge in [0.2, 0.25) is 11.1 Å². The fourth-order valence-corrected chi connectivity index (χ4v) is 6.35. The van der Waals surface area contributed by atoms with Crippen LogP contribution < -0.4 is 24.8 Å². The number of carbonyl (C=O) groups is 1. The number of halogens is 1. The van der Waals surface area contributed by atoms with Gasteiger partial charge in [-0.15, -0.1) is 5.10 Å². The Morgan fingerprint density at radius 3 is 2.49 bits per heavy atom. The summed E-state index contributed by atoms with van der Waals surface area (Å²) in [7, 11) is 0. The predicted molar refractivity (Wildman–Crippen MR) is 183 cm³/mol. The first-order valence-corrected chi connectivity index (χ1v) is 16.9. The second-order valence-electron chi connectivity index (χ2n) is 10.3. The minimum Gasteiger partial charge on any atom is -0.492 e. The molecular formula is C34H38BrN5O4S. The Balaban J connectivity index is 1.53. The zero-order valence-electron chi connectivity index (χ0n) is 25.9. The van der Waals surface area contributed by atoms with Crippen molar-refractivity contribution in [3.63, 3.8) is 0 Å². The molecule has 2 N–H and O–H groups in total. The molecule has 0 aliphatic carbocycles. The van der Waals surface area contributed by atoms with Gasteiger partial charge in [-0.1, -0.05) is 61.2 Å². The summed E-state index contributed by atoms with van der Waals surface area (Å²) in [6.45, 7) is 9.25. The highest BCUT2D eigenvalue weighted by atomic mass is 79.9. The van der Waals surface area contributed by atoms with Crippen LogP contribution in [-0.4, -0.2) is 46.2 Å². The van der Waals surface area contributed by atoms with Gasteiger partial charge in [-0.25, -0.2) is 4.68 Å². The normalized spacial score (nSPS) is 14.0. The van der Waals surface area contributed by atoms with Crippen LogP contribution in [0.15, 0.2) is 87.6 Å². The number of aromatic nitrogens is 3. The number of nitrogens with one attached hydrogen (secondary N) is 2. The number of benzene rings is 3. The van der Waals surface area contributed by atoms with Crippen molar-refractivity contribution in [1.82, 2.24) is 14.8 Å². The summed E-state index contributed by atoms with van der Waals surface area (Å²) in [6, 6.07) is 20.9. The third-order valence-corrected chi connectivity index (χ3v) is 8.71. The molecule has 1 atom stereocenters. The number of hydrogen-bond donors (Lipinski definition) is 2. The Hall–Kier alpha value is -3.96. The van der Waals surface area contributed by atoms with Crippen LogP contribution in [0.1, 0.15) is 51.3 Å². The van der Waals surface area contributed by atoms with E-state index >= 15 is 0 Å². The van der Waals surface area contributed by atoms with Gasteiger partial charge in [-0.2, -0.15) is 4.98 Å². The third-order valence-electron chi connectivity index (χ3n) is 7.08. The van der Waals surface area contributed by atoms with Gasteiger partial charge in [0, 0.05) is 17.9 Å². The van der Waals surface area contributed by atoms with Crippen molar-refractivity contribution < 1.29 is 19.0 Å². The van der Waals surface area contributed by atoms with Crippen LogP contribution in [0.4, 0.5) is 11.6 Å². The molecule has 1 unspecified atom stereocenters. The van der Waals surface area contributed by atoms with E-state index < -0.39 is 6.04 Å². The van der Waals surface area contributed by atoms with E-state index in [2.05, 4.69) is 45.6 Å². The lowest BCUT2D eigenvalue weighted by Crippen LogP contribution is -2.31. The molecule has 1 aliphatic heterocycles. The minimum absolute atomic E-state index is 0.279. The van der Waals surface area contributed by atoms with Crippen molar-refractivity contribution in [1.29, 1.82) is 0 Å². The van der Waals surface area contributed by atoms with E-state index in [0.29, 0.717) is 65.1 Å². The van der Waals surface area contributed by atoms with Crippen LogP contribution >= 0.6 is 27.7 Å². The van der Waals surface area contributed by atoms with Crippen molar-refractivity contribution in [2.45, 2.75) is 51.7 Å². The Morgan fingerprint density at radius 2 is 1.73 bits per heavy atom. The maximum absolute atomic E-state index is 14.1. The van der Waals surface area contributed by atoms with E-state index in [1.54, 1.807) is 16.4 Å². The lowest BCUT2D eigenvalue weighted by Gasteiger charge is -2.29. The second kappa shape index (κ2) is 15.4. The molecule has 0 spiro atoms. The fraction of sp³-hybridized carbons (Fsp3) is 0.324. The molecule has 1 amide bonds. The van der Waals surface area contributed by atoms with Crippen LogP contribution in [-0.2, 0) is 11.2 Å². The molecule has 4 aromatic rings. The van der Waals surface area contributed by atoms with Crippen LogP contribution in [0.3, 0.4) is 0 Å². The average Bonchev–Trinajstić information content (AvgIpc) is 3.44. The molecular weight excluding hydrogens is 654 g/mol. The van der Waals surface area contributed by atoms with Crippen molar-refractivity contribution >= 4 is 45.2 Å². The summed E-state index contributed by atoms with van der Waals surface area (Å²) in [6.07, 6.45) is 1.75. The standard InChI is InChI=1S/C34H38BrN5O4S/c1-5-19-45-34-38-33-36-22(4)29(32(41)37-26-15-11-12-16-27(26)42-6-2)30(40(33)39-34)24-20-25(35)31(28(21-24)43-7-3)44-18-17-23-13-9-8-10-14-23/h8-16,20-21,30H,5-7,17-19H2,1-4H3,(H,37,41)(H,36,38,39). The van der Waals surface area contributed by atoms with Crippen LogP contribution in [0.5, 0.6) is 17.2 Å². The first kappa shape index (κ1) is 32.4. The predicted octanol–water partition coefficient (Wildman–Crippen LogP) is 7.89. The molecule has 1 aliphatic rings. The second-order valence-corrected chi connectivity index (χ2v) is 12.2. The maximum Gasteiger partial charge on any atom is 0.255 e. The van der Waals surface area contributed by atoms with Crippen molar-refractivity contribution in [2.75, 3.05) is 36.2 Å². The van der Waals surface area contributed by atoms with Gasteiger partial charge in [0.15, 0.2) is 11.5 Å². The Labute approximate surface area is 276 Å². The quantitative estimate of drug-likeness (QED) is 0.129. The number of para-hydroxylation sites is 2. The van der Waals surface area contributed by atoms with E-state index in [1.165, 1.54) is 5.56 Å². The minimum atomic E-state index is -0.599. The number of nitrogens with zero attached hydrogens (tertiary/aromatic N) is 3. The monoisotopic (exact) mass is 691 g/mol. The summed E-state index contributed by atoms with van der Waals surface area (Å²) in [5, 5.41) is 11.9. The summed E-state index contributed by atoms with van der Waals surface area (Å²) in [5.74, 6) is 2.97. The van der Waals surface area contributed by atoms with E-state index in [1.807, 2.05) is 75.4 Å². The number of fused-ring (bicyclic) bond motifs is 1. The number of allylic oxidation sites excluding steroid dienone is 1. The molecule has 1 aromatic heterocycles. The molecule has 45 heavy (non-hydrogen) atoms. The summed E-state index contributed by atoms with van der Waals surface area (Å²) < 4.78 is 20.7. The van der Waals surface area contributed by atoms with Crippen LogP contribution in [0.2, 0.25) is 0 Å². The Kier molecular flexibility index (Phi) is 11.1. The van der Waals surface area contributed by atoms with E-state index in [4.69, 9.17) is 24.3 Å². The SMILES string of the molecule is CCCSc1nc2n(n1)C(c1cc(Br)c(OCCc3ccccc3)c(OCC)c1)C(C(=O)Nc1ccccc1OCC)=C(C)N2. The first-order chi connectivity index (χ1) is 21.9. The molecule has 0 bridgehead atoms. The lowest BCUT2D eigenvalue weighted by atomic mass is 9.94. The largest absolute Gasteiger partial charge is 0.492 e. The highest BCUT2D eigenvalue weighted by Crippen LogP contribution is 2.43. The molecule has 9 nitrogen and oxygen atoms in total. The van der Waals surface area contributed by atoms with Crippen LogP contribution in [0.25, 0.3) is 0 Å². The molecule has 0 saturated heterocycles.